The van der Waals surface area contributed by atoms with Crippen LogP contribution in [0.3, 0.4) is 0 Å². The molecule has 0 bridgehead atoms. The SMILES string of the molecule is O=C(CCC1CCCCN1)NCC1COCCO1. The number of piperidine rings is 1. The molecule has 2 aliphatic heterocycles. The van der Waals surface area contributed by atoms with E-state index in [1.807, 2.05) is 0 Å². The molecule has 2 atom stereocenters. The Balaban J connectivity index is 1.54. The van der Waals surface area contributed by atoms with Crippen LogP contribution in [0.4, 0.5) is 0 Å². The van der Waals surface area contributed by atoms with Crippen molar-refractivity contribution >= 4 is 5.91 Å². The molecule has 0 aromatic carbocycles. The third kappa shape index (κ3) is 4.92. The van der Waals surface area contributed by atoms with Gasteiger partial charge in [-0.25, -0.2) is 0 Å². The molecule has 5 nitrogen and oxygen atoms in total. The van der Waals surface area contributed by atoms with Crippen molar-refractivity contribution in [3.8, 4) is 0 Å². The topological polar surface area (TPSA) is 59.6 Å². The van der Waals surface area contributed by atoms with Crippen molar-refractivity contribution in [3.63, 3.8) is 0 Å². The first-order chi connectivity index (χ1) is 8.84. The highest BCUT2D eigenvalue weighted by molar-refractivity contribution is 5.75. The van der Waals surface area contributed by atoms with Gasteiger partial charge in [0.1, 0.15) is 0 Å². The predicted molar refractivity (Wildman–Crippen MR) is 68.4 cm³/mol. The number of amides is 1. The van der Waals surface area contributed by atoms with Crippen molar-refractivity contribution in [2.75, 3.05) is 32.9 Å². The monoisotopic (exact) mass is 256 g/mol. The van der Waals surface area contributed by atoms with E-state index in [9.17, 15) is 4.79 Å². The quantitative estimate of drug-likeness (QED) is 0.749. The summed E-state index contributed by atoms with van der Waals surface area (Å²) in [5, 5.41) is 6.38. The summed E-state index contributed by atoms with van der Waals surface area (Å²) >= 11 is 0. The molecule has 2 fully saturated rings. The fourth-order valence-corrected chi connectivity index (χ4v) is 2.45. The zero-order valence-corrected chi connectivity index (χ0v) is 11.0. The highest BCUT2D eigenvalue weighted by atomic mass is 16.6. The average molecular weight is 256 g/mol. The summed E-state index contributed by atoms with van der Waals surface area (Å²) in [6.07, 6.45) is 5.32. The lowest BCUT2D eigenvalue weighted by atomic mass is 10.0. The van der Waals surface area contributed by atoms with Crippen molar-refractivity contribution < 1.29 is 14.3 Å². The van der Waals surface area contributed by atoms with Gasteiger partial charge in [0.05, 0.1) is 25.9 Å². The summed E-state index contributed by atoms with van der Waals surface area (Å²) in [5.74, 6) is 0.122. The van der Waals surface area contributed by atoms with Crippen LogP contribution < -0.4 is 10.6 Å². The number of ether oxygens (including phenoxy) is 2. The van der Waals surface area contributed by atoms with E-state index in [1.165, 1.54) is 19.3 Å². The van der Waals surface area contributed by atoms with Crippen molar-refractivity contribution in [1.82, 2.24) is 10.6 Å². The molecule has 0 aromatic rings. The fourth-order valence-electron chi connectivity index (χ4n) is 2.45. The molecular formula is C13H24N2O3. The largest absolute Gasteiger partial charge is 0.376 e. The van der Waals surface area contributed by atoms with Crippen LogP contribution in [0.1, 0.15) is 32.1 Å². The van der Waals surface area contributed by atoms with Gasteiger partial charge >= 0.3 is 0 Å². The van der Waals surface area contributed by atoms with Gasteiger partial charge in [-0.3, -0.25) is 4.79 Å². The summed E-state index contributed by atoms with van der Waals surface area (Å²) in [6, 6.07) is 0.527. The highest BCUT2D eigenvalue weighted by Gasteiger charge is 2.17. The molecule has 0 saturated carbocycles. The second-order valence-corrected chi connectivity index (χ2v) is 5.06. The molecular weight excluding hydrogens is 232 g/mol. The highest BCUT2D eigenvalue weighted by Crippen LogP contribution is 2.11. The minimum Gasteiger partial charge on any atom is -0.376 e. The van der Waals surface area contributed by atoms with Crippen LogP contribution in [0.15, 0.2) is 0 Å². The summed E-state index contributed by atoms with van der Waals surface area (Å²) in [4.78, 5) is 11.7. The molecule has 0 spiro atoms. The van der Waals surface area contributed by atoms with E-state index in [4.69, 9.17) is 9.47 Å². The van der Waals surface area contributed by atoms with E-state index in [0.717, 1.165) is 13.0 Å². The molecule has 2 unspecified atom stereocenters. The minimum absolute atomic E-state index is 0.0236. The van der Waals surface area contributed by atoms with Crippen molar-refractivity contribution in [1.29, 1.82) is 0 Å². The maximum Gasteiger partial charge on any atom is 0.220 e. The number of nitrogens with one attached hydrogen (secondary N) is 2. The predicted octanol–water partition coefficient (Wildman–Crippen LogP) is 0.440. The number of hydrogen-bond acceptors (Lipinski definition) is 4. The summed E-state index contributed by atoms with van der Waals surface area (Å²) in [5.41, 5.74) is 0. The van der Waals surface area contributed by atoms with E-state index in [1.54, 1.807) is 0 Å². The van der Waals surface area contributed by atoms with Crippen LogP contribution in [0, 0.1) is 0 Å². The molecule has 5 heteroatoms. The van der Waals surface area contributed by atoms with Gasteiger partial charge in [0.15, 0.2) is 0 Å². The second-order valence-electron chi connectivity index (χ2n) is 5.06. The summed E-state index contributed by atoms with van der Waals surface area (Å²) in [7, 11) is 0. The lowest BCUT2D eigenvalue weighted by Crippen LogP contribution is -2.40. The minimum atomic E-state index is 0.0236. The number of carbonyl (C=O) groups excluding carboxylic acids is 1. The Kier molecular flexibility index (Phi) is 5.90. The lowest BCUT2D eigenvalue weighted by molar-refractivity contribution is -0.124. The van der Waals surface area contributed by atoms with Gasteiger partial charge < -0.3 is 20.1 Å². The van der Waals surface area contributed by atoms with Gasteiger partial charge in [-0.1, -0.05) is 6.42 Å². The summed E-state index contributed by atoms with van der Waals surface area (Å²) < 4.78 is 10.8. The molecule has 2 rings (SSSR count). The Labute approximate surface area is 109 Å². The van der Waals surface area contributed by atoms with Crippen LogP contribution in [0.5, 0.6) is 0 Å². The van der Waals surface area contributed by atoms with Crippen LogP contribution in [-0.2, 0) is 14.3 Å². The third-order valence-electron chi connectivity index (χ3n) is 3.54. The van der Waals surface area contributed by atoms with E-state index in [-0.39, 0.29) is 12.0 Å². The Morgan fingerprint density at radius 3 is 3.00 bits per heavy atom. The van der Waals surface area contributed by atoms with Crippen molar-refractivity contribution in [2.45, 2.75) is 44.2 Å². The molecule has 0 aromatic heterocycles. The van der Waals surface area contributed by atoms with E-state index < -0.39 is 0 Å². The van der Waals surface area contributed by atoms with Crippen molar-refractivity contribution in [2.24, 2.45) is 0 Å². The van der Waals surface area contributed by atoms with E-state index in [0.29, 0.717) is 38.8 Å². The molecule has 2 aliphatic rings. The third-order valence-corrected chi connectivity index (χ3v) is 3.54. The van der Waals surface area contributed by atoms with Gasteiger partial charge in [0, 0.05) is 19.0 Å². The Morgan fingerprint density at radius 2 is 2.28 bits per heavy atom. The van der Waals surface area contributed by atoms with E-state index >= 15 is 0 Å². The van der Waals surface area contributed by atoms with Gasteiger partial charge in [0.2, 0.25) is 5.91 Å². The molecule has 0 aliphatic carbocycles. The Morgan fingerprint density at radius 1 is 1.33 bits per heavy atom. The van der Waals surface area contributed by atoms with Crippen LogP contribution >= 0.6 is 0 Å². The van der Waals surface area contributed by atoms with Gasteiger partial charge in [-0.15, -0.1) is 0 Å². The number of hydrogen-bond donors (Lipinski definition) is 2. The maximum absolute atomic E-state index is 11.7. The van der Waals surface area contributed by atoms with Crippen molar-refractivity contribution in [3.05, 3.63) is 0 Å². The van der Waals surface area contributed by atoms with Crippen LogP contribution in [0.2, 0.25) is 0 Å². The first kappa shape index (κ1) is 13.8. The number of rotatable bonds is 5. The molecule has 104 valence electrons. The van der Waals surface area contributed by atoms with Gasteiger partial charge in [-0.2, -0.15) is 0 Å². The second kappa shape index (κ2) is 7.71. The smallest absolute Gasteiger partial charge is 0.220 e. The van der Waals surface area contributed by atoms with Gasteiger partial charge in [-0.05, 0) is 25.8 Å². The normalized spacial score (nSPS) is 28.9. The average Bonchev–Trinajstić information content (AvgIpc) is 2.45. The van der Waals surface area contributed by atoms with Crippen LogP contribution in [-0.4, -0.2) is 51.0 Å². The van der Waals surface area contributed by atoms with E-state index in [2.05, 4.69) is 10.6 Å². The van der Waals surface area contributed by atoms with Crippen LogP contribution in [0.25, 0.3) is 0 Å². The molecule has 1 amide bonds. The molecule has 0 radical (unpaired) electrons. The lowest BCUT2D eigenvalue weighted by Gasteiger charge is -2.24. The van der Waals surface area contributed by atoms with Gasteiger partial charge in [0.25, 0.3) is 0 Å². The Hall–Kier alpha value is -0.650. The zero-order valence-electron chi connectivity index (χ0n) is 11.0. The molecule has 2 N–H and O–H groups in total. The Bertz CT molecular complexity index is 225. The number of carbonyl (C=O) groups is 1. The maximum atomic E-state index is 11.7. The fraction of sp³-hybridized carbons (Fsp3) is 0.923. The standard InChI is InChI=1S/C13H24N2O3/c16-13(5-4-11-3-1-2-6-14-11)15-9-12-10-17-7-8-18-12/h11-12,14H,1-10H2,(H,15,16). The molecule has 2 heterocycles. The first-order valence-corrected chi connectivity index (χ1v) is 7.04. The first-order valence-electron chi connectivity index (χ1n) is 7.04. The molecule has 18 heavy (non-hydrogen) atoms. The zero-order chi connectivity index (χ0) is 12.6. The molecule has 2 saturated heterocycles. The summed E-state index contributed by atoms with van der Waals surface area (Å²) in [6.45, 7) is 3.55.